The van der Waals surface area contributed by atoms with Gasteiger partial charge >= 0.3 is 5.97 Å². The quantitative estimate of drug-likeness (QED) is 0.0283. The Labute approximate surface area is 328 Å². The zero-order chi connectivity index (χ0) is 39.3. The van der Waals surface area contributed by atoms with Crippen LogP contribution >= 0.6 is 0 Å². The number of aliphatic hydroxyl groups is 4. The number of aliphatic hydroxyl groups excluding tert-OH is 4. The Morgan fingerprint density at radius 1 is 0.611 bits per heavy atom. The number of esters is 1. The summed E-state index contributed by atoms with van der Waals surface area (Å²) in [6, 6.07) is 0. The minimum atomic E-state index is -1.54. The van der Waals surface area contributed by atoms with Gasteiger partial charge in [0, 0.05) is 13.0 Å². The number of ether oxygens (including phenoxy) is 4. The van der Waals surface area contributed by atoms with E-state index in [0.29, 0.717) is 13.0 Å². The lowest BCUT2D eigenvalue weighted by molar-refractivity contribution is -0.305. The fourth-order valence-corrected chi connectivity index (χ4v) is 6.05. The Morgan fingerprint density at radius 2 is 1.13 bits per heavy atom. The van der Waals surface area contributed by atoms with Crippen molar-refractivity contribution in [2.45, 2.75) is 192 Å². The minimum Gasteiger partial charge on any atom is -0.457 e. The monoisotopic (exact) mass is 763 g/mol. The molecule has 1 heterocycles. The average Bonchev–Trinajstić information content (AvgIpc) is 3.17. The first kappa shape index (κ1) is 49.9. The van der Waals surface area contributed by atoms with Crippen LogP contribution in [0.1, 0.15) is 155 Å². The third-order valence-corrected chi connectivity index (χ3v) is 9.42. The van der Waals surface area contributed by atoms with Gasteiger partial charge in [0.15, 0.2) is 6.29 Å². The van der Waals surface area contributed by atoms with Gasteiger partial charge in [-0.3, -0.25) is 4.79 Å². The van der Waals surface area contributed by atoms with Crippen molar-refractivity contribution < 1.29 is 44.2 Å². The Hall–Kier alpha value is -2.11. The molecule has 0 aliphatic carbocycles. The van der Waals surface area contributed by atoms with E-state index in [4.69, 9.17) is 18.9 Å². The van der Waals surface area contributed by atoms with Crippen molar-refractivity contribution in [3.8, 4) is 0 Å². The predicted molar refractivity (Wildman–Crippen MR) is 219 cm³/mol. The summed E-state index contributed by atoms with van der Waals surface area (Å²) in [7, 11) is 0. The van der Waals surface area contributed by atoms with E-state index in [-0.39, 0.29) is 19.2 Å². The van der Waals surface area contributed by atoms with Gasteiger partial charge in [-0.2, -0.15) is 0 Å². The molecule has 1 rings (SSSR count). The largest absolute Gasteiger partial charge is 0.457 e. The molecule has 312 valence electrons. The van der Waals surface area contributed by atoms with Crippen LogP contribution in [-0.2, 0) is 23.7 Å². The number of carbonyl (C=O) groups excluding carboxylic acids is 1. The molecule has 0 spiro atoms. The van der Waals surface area contributed by atoms with E-state index in [1.807, 2.05) is 0 Å². The maximum atomic E-state index is 12.7. The summed E-state index contributed by atoms with van der Waals surface area (Å²) in [5.41, 5.74) is 0. The Morgan fingerprint density at radius 3 is 1.72 bits per heavy atom. The molecule has 0 bridgehead atoms. The minimum absolute atomic E-state index is 0.124. The van der Waals surface area contributed by atoms with Crippen molar-refractivity contribution in [2.24, 2.45) is 0 Å². The first-order valence-electron chi connectivity index (χ1n) is 21.4. The second-order valence-electron chi connectivity index (χ2n) is 14.4. The lowest BCUT2D eigenvalue weighted by atomic mass is 9.99. The molecular formula is C45H78O9. The molecule has 0 aromatic heterocycles. The molecule has 0 aromatic rings. The number of rotatable bonds is 35. The van der Waals surface area contributed by atoms with Gasteiger partial charge < -0.3 is 39.4 Å². The van der Waals surface area contributed by atoms with Gasteiger partial charge in [0.2, 0.25) is 0 Å². The van der Waals surface area contributed by atoms with Gasteiger partial charge in [-0.05, 0) is 70.6 Å². The van der Waals surface area contributed by atoms with Crippen molar-refractivity contribution in [1.29, 1.82) is 0 Å². The molecule has 54 heavy (non-hydrogen) atoms. The summed E-state index contributed by atoms with van der Waals surface area (Å²) in [6.45, 7) is 4.35. The molecule has 1 saturated heterocycles. The molecule has 0 saturated carbocycles. The summed E-state index contributed by atoms with van der Waals surface area (Å²) in [5, 5.41) is 40.0. The zero-order valence-electron chi connectivity index (χ0n) is 34.0. The molecule has 9 heteroatoms. The smallest absolute Gasteiger partial charge is 0.306 e. The van der Waals surface area contributed by atoms with E-state index in [1.54, 1.807) is 0 Å². The van der Waals surface area contributed by atoms with Crippen LogP contribution in [0.5, 0.6) is 0 Å². The zero-order valence-corrected chi connectivity index (χ0v) is 34.0. The van der Waals surface area contributed by atoms with E-state index in [9.17, 15) is 25.2 Å². The molecule has 4 N–H and O–H groups in total. The summed E-state index contributed by atoms with van der Waals surface area (Å²) in [4.78, 5) is 12.7. The number of allylic oxidation sites excluding steroid dienone is 10. The third-order valence-electron chi connectivity index (χ3n) is 9.42. The Balaban J connectivity index is 2.27. The van der Waals surface area contributed by atoms with Crippen LogP contribution in [0.4, 0.5) is 0 Å². The van der Waals surface area contributed by atoms with Crippen molar-refractivity contribution in [2.75, 3.05) is 26.4 Å². The molecule has 9 nitrogen and oxygen atoms in total. The van der Waals surface area contributed by atoms with Gasteiger partial charge in [0.05, 0.1) is 19.8 Å². The first-order chi connectivity index (χ1) is 26.4. The SMILES string of the molecule is CC/C=C\C/C=C\C/C=C\C/C=C\CCCCCCCCCOCC(COC1OC(CO)C(O)C(O)C1O)OC(=O)CCCCCCC/C=C\CCCC. The van der Waals surface area contributed by atoms with Gasteiger partial charge in [0.1, 0.15) is 30.5 Å². The van der Waals surface area contributed by atoms with Crippen molar-refractivity contribution in [3.63, 3.8) is 0 Å². The molecule has 1 aliphatic rings. The average molecular weight is 763 g/mol. The lowest BCUT2D eigenvalue weighted by Crippen LogP contribution is -2.59. The van der Waals surface area contributed by atoms with Crippen LogP contribution in [0.25, 0.3) is 0 Å². The number of hydrogen-bond donors (Lipinski definition) is 4. The normalized spacial score (nSPS) is 21.5. The molecule has 0 aromatic carbocycles. The van der Waals surface area contributed by atoms with Gasteiger partial charge in [-0.1, -0.05) is 139 Å². The first-order valence-corrected chi connectivity index (χ1v) is 21.4. The second kappa shape index (κ2) is 36.5. The molecule has 1 aliphatic heterocycles. The van der Waals surface area contributed by atoms with Gasteiger partial charge in [-0.25, -0.2) is 0 Å². The predicted octanol–water partition coefficient (Wildman–Crippen LogP) is 9.13. The summed E-state index contributed by atoms with van der Waals surface area (Å²) >= 11 is 0. The van der Waals surface area contributed by atoms with E-state index in [2.05, 4.69) is 74.6 Å². The Kier molecular flexibility index (Phi) is 33.8. The molecule has 0 radical (unpaired) electrons. The molecular weight excluding hydrogens is 684 g/mol. The van der Waals surface area contributed by atoms with Crippen LogP contribution < -0.4 is 0 Å². The van der Waals surface area contributed by atoms with Crippen molar-refractivity contribution in [1.82, 2.24) is 0 Å². The highest BCUT2D eigenvalue weighted by molar-refractivity contribution is 5.69. The molecule has 6 unspecified atom stereocenters. The molecule has 6 atom stereocenters. The third kappa shape index (κ3) is 27.5. The van der Waals surface area contributed by atoms with Gasteiger partial charge in [-0.15, -0.1) is 0 Å². The summed E-state index contributed by atoms with van der Waals surface area (Å²) < 4.78 is 22.7. The number of unbranched alkanes of at least 4 members (excludes halogenated alkanes) is 14. The van der Waals surface area contributed by atoms with E-state index < -0.39 is 43.4 Å². The van der Waals surface area contributed by atoms with E-state index in [0.717, 1.165) is 96.3 Å². The van der Waals surface area contributed by atoms with Crippen LogP contribution in [-0.4, -0.2) is 89.6 Å². The lowest BCUT2D eigenvalue weighted by Gasteiger charge is -2.39. The molecule has 0 amide bonds. The topological polar surface area (TPSA) is 135 Å². The van der Waals surface area contributed by atoms with Gasteiger partial charge in [0.25, 0.3) is 0 Å². The van der Waals surface area contributed by atoms with Crippen molar-refractivity contribution >= 4 is 5.97 Å². The number of carbonyl (C=O) groups is 1. The second-order valence-corrected chi connectivity index (χ2v) is 14.4. The van der Waals surface area contributed by atoms with E-state index in [1.165, 1.54) is 38.5 Å². The van der Waals surface area contributed by atoms with Crippen molar-refractivity contribution in [3.05, 3.63) is 60.8 Å². The maximum Gasteiger partial charge on any atom is 0.306 e. The summed E-state index contributed by atoms with van der Waals surface area (Å²) in [5.74, 6) is -0.332. The van der Waals surface area contributed by atoms with Crippen LogP contribution in [0.15, 0.2) is 60.8 Å². The standard InChI is InChI=1S/C45H78O9/c1-3-5-7-9-11-13-15-16-17-18-19-20-21-22-23-25-27-29-31-33-35-51-37-39(38-52-45-44(50)43(49)42(48)40(36-46)54-45)53-41(47)34-32-30-28-26-24-14-12-10-8-6-4-2/h5,7,10-13,16-17,19-20,39-40,42-46,48-50H,3-4,6,8-9,14-15,18,21-38H2,1-2H3/b7-5-,12-10-,13-11-,17-16-,20-19-. The van der Waals surface area contributed by atoms with Crippen LogP contribution in [0, 0.1) is 0 Å². The molecule has 1 fully saturated rings. The maximum absolute atomic E-state index is 12.7. The highest BCUT2D eigenvalue weighted by Gasteiger charge is 2.44. The highest BCUT2D eigenvalue weighted by atomic mass is 16.7. The van der Waals surface area contributed by atoms with Crippen LogP contribution in [0.2, 0.25) is 0 Å². The fraction of sp³-hybridized carbons (Fsp3) is 0.756. The number of hydrogen-bond acceptors (Lipinski definition) is 9. The highest BCUT2D eigenvalue weighted by Crippen LogP contribution is 2.22. The van der Waals surface area contributed by atoms with E-state index >= 15 is 0 Å². The van der Waals surface area contributed by atoms with Crippen LogP contribution in [0.3, 0.4) is 0 Å². The fourth-order valence-electron chi connectivity index (χ4n) is 6.05. The summed E-state index contributed by atoms with van der Waals surface area (Å²) in [6.07, 6.45) is 38.2. The Bertz CT molecular complexity index is 1010.